The van der Waals surface area contributed by atoms with Gasteiger partial charge in [-0.2, -0.15) is 13.2 Å². The third-order valence-electron chi connectivity index (χ3n) is 0.538. The standard InChI is InChI=1S/C4H6F3NO/c1-3(9)8-2-4(5,6)7/h2H2,1H3,(H,8,9). The van der Waals surface area contributed by atoms with Gasteiger partial charge in [0.1, 0.15) is 6.54 Å². The van der Waals surface area contributed by atoms with E-state index in [0.717, 1.165) is 6.92 Å². The van der Waals surface area contributed by atoms with E-state index in [2.05, 4.69) is 0 Å². The maximum absolute atomic E-state index is 11.2. The molecular formula is C4H6F3NO. The average Bonchev–Trinajstić information content (AvgIpc) is 1.59. The molecule has 0 aromatic carbocycles. The molecule has 9 heavy (non-hydrogen) atoms. The van der Waals surface area contributed by atoms with Crippen LogP contribution in [0.15, 0.2) is 0 Å². The summed E-state index contributed by atoms with van der Waals surface area (Å²) >= 11 is 0. The number of nitrogens with one attached hydrogen (secondary N) is 1. The largest absolute Gasteiger partial charge is 0.405 e. The third-order valence-corrected chi connectivity index (χ3v) is 0.538. The number of hydrogen-bond donors (Lipinski definition) is 1. The lowest BCUT2D eigenvalue weighted by molar-refractivity contribution is -0.137. The van der Waals surface area contributed by atoms with Crippen molar-refractivity contribution in [2.75, 3.05) is 6.54 Å². The quantitative estimate of drug-likeness (QED) is 0.571. The zero-order valence-electron chi connectivity index (χ0n) is 4.75. The van der Waals surface area contributed by atoms with Crippen LogP contribution in [-0.2, 0) is 4.79 Å². The van der Waals surface area contributed by atoms with E-state index in [4.69, 9.17) is 0 Å². The summed E-state index contributed by atoms with van der Waals surface area (Å²) in [5.74, 6) is -0.674. The Morgan fingerprint density at radius 3 is 2.11 bits per heavy atom. The monoisotopic (exact) mass is 141 g/mol. The number of rotatable bonds is 1. The van der Waals surface area contributed by atoms with Gasteiger partial charge in [-0.15, -0.1) is 0 Å². The zero-order chi connectivity index (χ0) is 7.49. The number of carbonyl (C=O) groups is 1. The summed E-state index contributed by atoms with van der Waals surface area (Å²) in [7, 11) is 0. The van der Waals surface area contributed by atoms with Gasteiger partial charge in [0.05, 0.1) is 0 Å². The van der Waals surface area contributed by atoms with E-state index < -0.39 is 18.6 Å². The Hall–Kier alpha value is -0.740. The van der Waals surface area contributed by atoms with Crippen LogP contribution in [0.1, 0.15) is 6.92 Å². The number of alkyl halides is 3. The lowest BCUT2D eigenvalue weighted by atomic mass is 10.6. The van der Waals surface area contributed by atoms with Crippen LogP contribution in [0, 0.1) is 0 Å². The van der Waals surface area contributed by atoms with Crippen LogP contribution in [0.3, 0.4) is 0 Å². The molecule has 1 amide bonds. The van der Waals surface area contributed by atoms with Gasteiger partial charge < -0.3 is 5.32 Å². The van der Waals surface area contributed by atoms with Gasteiger partial charge in [0.25, 0.3) is 0 Å². The normalized spacial score (nSPS) is 11.1. The summed E-state index contributed by atoms with van der Waals surface area (Å²) in [5.41, 5.74) is 0. The molecule has 0 radical (unpaired) electrons. The predicted octanol–water partition coefficient (Wildman–Crippen LogP) is 0.685. The second-order valence-corrected chi connectivity index (χ2v) is 1.52. The highest BCUT2D eigenvalue weighted by atomic mass is 19.4. The van der Waals surface area contributed by atoms with Gasteiger partial charge in [0, 0.05) is 6.92 Å². The van der Waals surface area contributed by atoms with Crippen molar-refractivity contribution in [2.45, 2.75) is 13.1 Å². The molecule has 0 aliphatic rings. The van der Waals surface area contributed by atoms with Crippen LogP contribution in [0.4, 0.5) is 13.2 Å². The number of hydrogen-bond acceptors (Lipinski definition) is 1. The Balaban J connectivity index is 3.39. The molecule has 2 nitrogen and oxygen atoms in total. The van der Waals surface area contributed by atoms with Crippen LogP contribution < -0.4 is 5.32 Å². The molecule has 0 aromatic heterocycles. The van der Waals surface area contributed by atoms with Crippen molar-refractivity contribution < 1.29 is 18.0 Å². The number of amides is 1. The van der Waals surface area contributed by atoms with Crippen LogP contribution in [0.2, 0.25) is 0 Å². The molecule has 0 heterocycles. The van der Waals surface area contributed by atoms with E-state index in [1.165, 1.54) is 0 Å². The summed E-state index contributed by atoms with van der Waals surface area (Å²) in [4.78, 5) is 9.88. The Bertz CT molecular complexity index is 109. The first kappa shape index (κ1) is 8.26. The molecule has 0 aromatic rings. The minimum atomic E-state index is -4.30. The smallest absolute Gasteiger partial charge is 0.347 e. The average molecular weight is 141 g/mol. The Morgan fingerprint density at radius 1 is 1.56 bits per heavy atom. The van der Waals surface area contributed by atoms with Crippen LogP contribution in [0.25, 0.3) is 0 Å². The second-order valence-electron chi connectivity index (χ2n) is 1.52. The molecule has 0 rings (SSSR count). The van der Waals surface area contributed by atoms with E-state index in [0.29, 0.717) is 0 Å². The van der Waals surface area contributed by atoms with Gasteiger partial charge in [0.15, 0.2) is 0 Å². The summed E-state index contributed by atoms with van der Waals surface area (Å²) < 4.78 is 33.6. The molecule has 0 aliphatic carbocycles. The van der Waals surface area contributed by atoms with Crippen LogP contribution in [0.5, 0.6) is 0 Å². The number of halogens is 3. The Labute approximate surface area is 50.0 Å². The molecular weight excluding hydrogens is 135 g/mol. The summed E-state index contributed by atoms with van der Waals surface area (Å²) in [6.45, 7) is -0.214. The molecule has 0 saturated carbocycles. The zero-order valence-corrected chi connectivity index (χ0v) is 4.75. The van der Waals surface area contributed by atoms with Crippen molar-refractivity contribution in [1.82, 2.24) is 5.32 Å². The van der Waals surface area contributed by atoms with Crippen molar-refractivity contribution in [3.63, 3.8) is 0 Å². The first-order chi connectivity index (χ1) is 3.92. The van der Waals surface area contributed by atoms with Gasteiger partial charge in [-0.3, -0.25) is 4.79 Å². The van der Waals surface area contributed by atoms with Gasteiger partial charge in [0.2, 0.25) is 5.91 Å². The fraction of sp³-hybridized carbons (Fsp3) is 0.750. The summed E-state index contributed by atoms with van der Waals surface area (Å²) in [6, 6.07) is 0. The van der Waals surface area contributed by atoms with Gasteiger partial charge >= 0.3 is 6.18 Å². The fourth-order valence-corrected chi connectivity index (χ4v) is 0.225. The molecule has 1 N–H and O–H groups in total. The summed E-state index contributed by atoms with van der Waals surface area (Å²) in [6.07, 6.45) is -4.30. The van der Waals surface area contributed by atoms with Crippen molar-refractivity contribution in [3.8, 4) is 0 Å². The predicted molar refractivity (Wildman–Crippen MR) is 24.7 cm³/mol. The molecule has 0 saturated heterocycles. The van der Waals surface area contributed by atoms with E-state index in [-0.39, 0.29) is 0 Å². The molecule has 5 heteroatoms. The van der Waals surface area contributed by atoms with Crippen LogP contribution in [-0.4, -0.2) is 18.6 Å². The van der Waals surface area contributed by atoms with Gasteiger partial charge in [-0.05, 0) is 0 Å². The van der Waals surface area contributed by atoms with E-state index in [1.807, 2.05) is 0 Å². The highest BCUT2D eigenvalue weighted by molar-refractivity contribution is 5.72. The topological polar surface area (TPSA) is 29.1 Å². The second kappa shape index (κ2) is 2.70. The molecule has 0 spiro atoms. The van der Waals surface area contributed by atoms with Crippen molar-refractivity contribution in [2.24, 2.45) is 0 Å². The van der Waals surface area contributed by atoms with Crippen LogP contribution >= 0.6 is 0 Å². The minimum absolute atomic E-state index is 0.674. The number of carbonyl (C=O) groups excluding carboxylic acids is 1. The lowest BCUT2D eigenvalue weighted by Crippen LogP contribution is -2.31. The molecule has 0 atom stereocenters. The SMILES string of the molecule is CC(=O)NCC(F)(F)F. The molecule has 54 valence electrons. The Morgan fingerprint density at radius 2 is 2.00 bits per heavy atom. The van der Waals surface area contributed by atoms with E-state index in [1.54, 1.807) is 5.32 Å². The third kappa shape index (κ3) is 7.26. The first-order valence-corrected chi connectivity index (χ1v) is 2.23. The maximum atomic E-state index is 11.2. The highest BCUT2D eigenvalue weighted by Gasteiger charge is 2.26. The lowest BCUT2D eigenvalue weighted by Gasteiger charge is -2.04. The molecule has 0 fully saturated rings. The minimum Gasteiger partial charge on any atom is -0.347 e. The Kier molecular flexibility index (Phi) is 2.48. The maximum Gasteiger partial charge on any atom is 0.405 e. The van der Waals surface area contributed by atoms with Gasteiger partial charge in [-0.25, -0.2) is 0 Å². The fourth-order valence-electron chi connectivity index (χ4n) is 0.225. The van der Waals surface area contributed by atoms with Gasteiger partial charge in [-0.1, -0.05) is 0 Å². The highest BCUT2D eigenvalue weighted by Crippen LogP contribution is 2.11. The first-order valence-electron chi connectivity index (χ1n) is 2.23. The van der Waals surface area contributed by atoms with E-state index >= 15 is 0 Å². The molecule has 0 aliphatic heterocycles. The van der Waals surface area contributed by atoms with Crippen molar-refractivity contribution in [1.29, 1.82) is 0 Å². The van der Waals surface area contributed by atoms with E-state index in [9.17, 15) is 18.0 Å². The summed E-state index contributed by atoms with van der Waals surface area (Å²) in [5, 5.41) is 1.62. The van der Waals surface area contributed by atoms with Crippen molar-refractivity contribution in [3.05, 3.63) is 0 Å². The van der Waals surface area contributed by atoms with Crippen molar-refractivity contribution >= 4 is 5.91 Å². The molecule has 0 bridgehead atoms. The molecule has 0 unspecified atom stereocenters.